The number of esters is 2. The maximum absolute atomic E-state index is 12.9. The van der Waals surface area contributed by atoms with E-state index in [0.29, 0.717) is 28.4 Å². The maximum atomic E-state index is 12.9. The van der Waals surface area contributed by atoms with Crippen LogP contribution in [-0.4, -0.2) is 24.8 Å². The third kappa shape index (κ3) is 7.66. The summed E-state index contributed by atoms with van der Waals surface area (Å²) >= 11 is 0. The smallest absolute Gasteiger partial charge is 0.316 e. The molecule has 0 atom stereocenters. The van der Waals surface area contributed by atoms with Crippen molar-refractivity contribution in [3.8, 4) is 17.2 Å². The van der Waals surface area contributed by atoms with Crippen LogP contribution >= 0.6 is 0 Å². The van der Waals surface area contributed by atoms with Crippen LogP contribution in [0.25, 0.3) is 6.08 Å². The van der Waals surface area contributed by atoms with Crippen molar-refractivity contribution < 1.29 is 28.6 Å². The van der Waals surface area contributed by atoms with Gasteiger partial charge in [-0.2, -0.15) is 0 Å². The topological polar surface area (TPSA) is 78.9 Å². The fourth-order valence-electron chi connectivity index (χ4n) is 3.04. The second-order valence-corrected chi connectivity index (χ2v) is 11.5. The molecule has 0 fully saturated rings. The molecule has 2 rings (SSSR count). The Morgan fingerprint density at radius 1 is 0.784 bits per heavy atom. The Morgan fingerprint density at radius 2 is 1.32 bits per heavy atom. The Labute approximate surface area is 220 Å². The number of carbonyl (C=O) groups is 3. The van der Waals surface area contributed by atoms with Crippen LogP contribution < -0.4 is 14.2 Å². The molecule has 0 aliphatic carbocycles. The van der Waals surface area contributed by atoms with E-state index in [1.807, 2.05) is 19.9 Å². The third-order valence-electron chi connectivity index (χ3n) is 5.73. The SMILES string of the molecule is C=CC(C)(C)c1cc(/C=C/C(=O)c2ccc(OC(=O)C(C)(C)C)cc2)c(OC)cc1OC(=O)C(C)(C)C. The fourth-order valence-corrected chi connectivity index (χ4v) is 3.04. The molecule has 0 bridgehead atoms. The van der Waals surface area contributed by atoms with Crippen LogP contribution in [0, 0.1) is 10.8 Å². The largest absolute Gasteiger partial charge is 0.496 e. The highest BCUT2D eigenvalue weighted by molar-refractivity contribution is 6.07. The summed E-state index contributed by atoms with van der Waals surface area (Å²) in [6.45, 7) is 18.5. The molecule has 0 unspecified atom stereocenters. The molecule has 198 valence electrons. The molecule has 0 aromatic heterocycles. The minimum atomic E-state index is -0.686. The quantitative estimate of drug-likeness (QED) is 0.127. The van der Waals surface area contributed by atoms with E-state index in [1.165, 1.54) is 13.2 Å². The first-order chi connectivity index (χ1) is 17.0. The van der Waals surface area contributed by atoms with Gasteiger partial charge in [-0.15, -0.1) is 6.58 Å². The molecular formula is C31H38O6. The molecule has 37 heavy (non-hydrogen) atoms. The molecule has 0 spiro atoms. The number of ether oxygens (including phenoxy) is 3. The van der Waals surface area contributed by atoms with Crippen molar-refractivity contribution in [2.75, 3.05) is 7.11 Å². The summed E-state index contributed by atoms with van der Waals surface area (Å²) < 4.78 is 16.7. The Bertz CT molecular complexity index is 1200. The highest BCUT2D eigenvalue weighted by Gasteiger charge is 2.29. The van der Waals surface area contributed by atoms with Crippen molar-refractivity contribution >= 4 is 23.8 Å². The van der Waals surface area contributed by atoms with E-state index in [4.69, 9.17) is 14.2 Å². The Balaban J connectivity index is 2.38. The second kappa shape index (κ2) is 11.2. The average Bonchev–Trinajstić information content (AvgIpc) is 2.81. The summed E-state index contributed by atoms with van der Waals surface area (Å²) in [7, 11) is 1.51. The molecule has 6 heteroatoms. The number of hydrogen-bond donors (Lipinski definition) is 0. The molecule has 0 saturated carbocycles. The van der Waals surface area contributed by atoms with Gasteiger partial charge in [-0.3, -0.25) is 14.4 Å². The molecule has 0 amide bonds. The highest BCUT2D eigenvalue weighted by Crippen LogP contribution is 2.39. The first-order valence-corrected chi connectivity index (χ1v) is 12.1. The molecule has 0 heterocycles. The lowest BCUT2D eigenvalue weighted by molar-refractivity contribution is -0.143. The second-order valence-electron chi connectivity index (χ2n) is 11.5. The third-order valence-corrected chi connectivity index (χ3v) is 5.73. The van der Waals surface area contributed by atoms with Crippen LogP contribution in [0.4, 0.5) is 0 Å². The zero-order chi connectivity index (χ0) is 28.2. The van der Waals surface area contributed by atoms with Gasteiger partial charge in [0.1, 0.15) is 17.2 Å². The number of methoxy groups -OCH3 is 1. The first-order valence-electron chi connectivity index (χ1n) is 12.1. The van der Waals surface area contributed by atoms with E-state index in [2.05, 4.69) is 6.58 Å². The summed E-state index contributed by atoms with van der Waals surface area (Å²) in [5, 5.41) is 0. The summed E-state index contributed by atoms with van der Waals surface area (Å²) in [4.78, 5) is 37.5. The van der Waals surface area contributed by atoms with E-state index in [1.54, 1.807) is 84.0 Å². The molecule has 0 aliphatic heterocycles. The zero-order valence-corrected chi connectivity index (χ0v) is 23.4. The van der Waals surface area contributed by atoms with Crippen molar-refractivity contribution in [1.29, 1.82) is 0 Å². The van der Waals surface area contributed by atoms with Crippen molar-refractivity contribution in [3.05, 3.63) is 71.8 Å². The predicted octanol–water partition coefficient (Wildman–Crippen LogP) is 6.96. The van der Waals surface area contributed by atoms with E-state index in [0.717, 1.165) is 5.56 Å². The lowest BCUT2D eigenvalue weighted by Crippen LogP contribution is -2.27. The van der Waals surface area contributed by atoms with Gasteiger partial charge in [0.05, 0.1) is 17.9 Å². The first kappa shape index (κ1) is 29.6. The van der Waals surface area contributed by atoms with Gasteiger partial charge in [-0.25, -0.2) is 0 Å². The van der Waals surface area contributed by atoms with E-state index < -0.39 is 16.2 Å². The standard InChI is InChI=1S/C31H38O6/c1-11-31(8,9)23-18-21(25(35-10)19-26(23)37-28(34)30(5,6)7)14-17-24(32)20-12-15-22(16-13-20)36-27(33)29(2,3)4/h11-19H,1H2,2-10H3/b17-14+. The van der Waals surface area contributed by atoms with Gasteiger partial charge >= 0.3 is 11.9 Å². The summed E-state index contributed by atoms with van der Waals surface area (Å²) in [5.74, 6) is 0.251. The summed E-state index contributed by atoms with van der Waals surface area (Å²) in [5.41, 5.74) is -0.0185. The minimum Gasteiger partial charge on any atom is -0.496 e. The number of hydrogen-bond acceptors (Lipinski definition) is 6. The van der Waals surface area contributed by atoms with Crippen LogP contribution in [0.1, 0.15) is 76.9 Å². The van der Waals surface area contributed by atoms with Crippen LogP contribution in [-0.2, 0) is 15.0 Å². The normalized spacial score (nSPS) is 12.2. The zero-order valence-electron chi connectivity index (χ0n) is 23.4. The predicted molar refractivity (Wildman–Crippen MR) is 146 cm³/mol. The van der Waals surface area contributed by atoms with Crippen molar-refractivity contribution in [2.45, 2.75) is 60.8 Å². The molecule has 2 aromatic rings. The lowest BCUT2D eigenvalue weighted by Gasteiger charge is -2.26. The van der Waals surface area contributed by atoms with Gasteiger partial charge in [0.2, 0.25) is 0 Å². The molecule has 0 radical (unpaired) electrons. The van der Waals surface area contributed by atoms with Crippen molar-refractivity contribution in [1.82, 2.24) is 0 Å². The minimum absolute atomic E-state index is 0.233. The fraction of sp³-hybridized carbons (Fsp3) is 0.387. The Hall–Kier alpha value is -3.67. The van der Waals surface area contributed by atoms with Crippen LogP contribution in [0.3, 0.4) is 0 Å². The monoisotopic (exact) mass is 506 g/mol. The van der Waals surface area contributed by atoms with Crippen molar-refractivity contribution in [3.63, 3.8) is 0 Å². The number of benzene rings is 2. The lowest BCUT2D eigenvalue weighted by atomic mass is 9.83. The molecule has 0 saturated heterocycles. The number of ketones is 1. The summed E-state index contributed by atoms with van der Waals surface area (Å²) in [6, 6.07) is 9.90. The molecule has 0 aliphatic rings. The van der Waals surface area contributed by atoms with Gasteiger partial charge in [-0.1, -0.05) is 19.9 Å². The summed E-state index contributed by atoms with van der Waals surface area (Å²) in [6.07, 6.45) is 4.88. The molecule has 0 N–H and O–H groups in total. The molecule has 6 nitrogen and oxygen atoms in total. The highest BCUT2D eigenvalue weighted by atomic mass is 16.5. The van der Waals surface area contributed by atoms with E-state index in [9.17, 15) is 14.4 Å². The van der Waals surface area contributed by atoms with Gasteiger partial charge in [0, 0.05) is 28.2 Å². The Morgan fingerprint density at radius 3 is 1.81 bits per heavy atom. The van der Waals surface area contributed by atoms with Gasteiger partial charge in [0.25, 0.3) is 0 Å². The van der Waals surface area contributed by atoms with Crippen LogP contribution in [0.15, 0.2) is 55.1 Å². The van der Waals surface area contributed by atoms with Gasteiger partial charge in [0.15, 0.2) is 5.78 Å². The molecule has 2 aromatic carbocycles. The van der Waals surface area contributed by atoms with Crippen molar-refractivity contribution in [2.24, 2.45) is 10.8 Å². The van der Waals surface area contributed by atoms with E-state index >= 15 is 0 Å². The number of allylic oxidation sites excluding steroid dienone is 2. The van der Waals surface area contributed by atoms with Gasteiger partial charge < -0.3 is 14.2 Å². The van der Waals surface area contributed by atoms with Gasteiger partial charge in [-0.05, 0) is 84.0 Å². The van der Waals surface area contributed by atoms with Crippen LogP contribution in [0.5, 0.6) is 17.2 Å². The number of rotatable bonds is 8. The Kier molecular flexibility index (Phi) is 8.91. The number of carbonyl (C=O) groups excluding carboxylic acids is 3. The molecular weight excluding hydrogens is 468 g/mol. The maximum Gasteiger partial charge on any atom is 0.316 e. The van der Waals surface area contributed by atoms with E-state index in [-0.39, 0.29) is 17.7 Å². The average molecular weight is 507 g/mol. The van der Waals surface area contributed by atoms with Crippen LogP contribution in [0.2, 0.25) is 0 Å².